The third-order valence-electron chi connectivity index (χ3n) is 3.19. The molecular weight excluding hydrogens is 292 g/mol. The summed E-state index contributed by atoms with van der Waals surface area (Å²) in [6.07, 6.45) is -4.62. The van der Waals surface area contributed by atoms with Crippen LogP contribution in [0.2, 0.25) is 0 Å². The monoisotopic (exact) mass is 304 g/mol. The zero-order chi connectivity index (χ0) is 15.6. The van der Waals surface area contributed by atoms with Crippen LogP contribution in [0, 0.1) is 5.82 Å². The molecule has 0 bridgehead atoms. The van der Waals surface area contributed by atoms with E-state index in [1.54, 1.807) is 0 Å². The van der Waals surface area contributed by atoms with Crippen molar-refractivity contribution >= 4 is 17.5 Å². The lowest BCUT2D eigenvalue weighted by atomic mass is 10.2. The molecule has 8 heteroatoms. The van der Waals surface area contributed by atoms with Gasteiger partial charge in [-0.3, -0.25) is 9.59 Å². The van der Waals surface area contributed by atoms with Gasteiger partial charge in [-0.25, -0.2) is 4.39 Å². The van der Waals surface area contributed by atoms with Gasteiger partial charge in [0.05, 0.1) is 5.69 Å². The average molecular weight is 304 g/mol. The van der Waals surface area contributed by atoms with Crippen molar-refractivity contribution in [2.24, 2.45) is 0 Å². The highest BCUT2D eigenvalue weighted by Gasteiger charge is 2.47. The van der Waals surface area contributed by atoms with Crippen LogP contribution >= 0.6 is 0 Å². The minimum atomic E-state index is -5.03. The van der Waals surface area contributed by atoms with Gasteiger partial charge in [-0.2, -0.15) is 13.2 Å². The summed E-state index contributed by atoms with van der Waals surface area (Å²) in [6.45, 7) is -0.145. The van der Waals surface area contributed by atoms with Crippen molar-refractivity contribution in [3.63, 3.8) is 0 Å². The van der Waals surface area contributed by atoms with Crippen molar-refractivity contribution in [2.45, 2.75) is 25.1 Å². The van der Waals surface area contributed by atoms with E-state index in [1.807, 2.05) is 0 Å². The second-order valence-corrected chi connectivity index (χ2v) is 4.62. The zero-order valence-corrected chi connectivity index (χ0v) is 10.8. The van der Waals surface area contributed by atoms with Crippen molar-refractivity contribution in [3.05, 3.63) is 30.1 Å². The molecule has 1 aromatic carbocycles. The van der Waals surface area contributed by atoms with E-state index < -0.39 is 29.8 Å². The molecule has 0 saturated carbocycles. The molecule has 1 aromatic rings. The summed E-state index contributed by atoms with van der Waals surface area (Å²) >= 11 is 0. The zero-order valence-electron chi connectivity index (χ0n) is 10.8. The van der Waals surface area contributed by atoms with E-state index in [0.717, 1.165) is 6.07 Å². The number of carbonyl (C=O) groups is 2. The molecule has 2 amide bonds. The standard InChI is InChI=1S/C13H12F4N2O2/c14-8-4-1-2-5-9(8)18-11(20)10-6-3-7-19(10)12(21)13(15,16)17/h1-2,4-5,10H,3,6-7H2,(H,18,20). The number of nitrogens with one attached hydrogen (secondary N) is 1. The molecule has 1 N–H and O–H groups in total. The SMILES string of the molecule is O=C(Nc1ccccc1F)C1CCCN1C(=O)C(F)(F)F. The van der Waals surface area contributed by atoms with E-state index >= 15 is 0 Å². The molecule has 1 aliphatic rings. The van der Waals surface area contributed by atoms with Crippen LogP contribution in [0.25, 0.3) is 0 Å². The first-order chi connectivity index (χ1) is 9.80. The van der Waals surface area contributed by atoms with E-state index in [1.165, 1.54) is 18.2 Å². The third-order valence-corrected chi connectivity index (χ3v) is 3.19. The molecule has 2 rings (SSSR count). The first-order valence-electron chi connectivity index (χ1n) is 6.24. The van der Waals surface area contributed by atoms with E-state index in [9.17, 15) is 27.2 Å². The summed E-state index contributed by atoms with van der Waals surface area (Å²) in [4.78, 5) is 23.7. The summed E-state index contributed by atoms with van der Waals surface area (Å²) in [5.41, 5.74) is -0.131. The second kappa shape index (κ2) is 5.71. The Balaban J connectivity index is 2.12. The number of halogens is 4. The number of para-hydroxylation sites is 1. The van der Waals surface area contributed by atoms with Crippen molar-refractivity contribution in [2.75, 3.05) is 11.9 Å². The number of carbonyl (C=O) groups excluding carboxylic acids is 2. The van der Waals surface area contributed by atoms with Gasteiger partial charge >= 0.3 is 12.1 Å². The van der Waals surface area contributed by atoms with Gasteiger partial charge in [-0.1, -0.05) is 12.1 Å². The fraction of sp³-hybridized carbons (Fsp3) is 0.385. The molecule has 1 saturated heterocycles. The van der Waals surface area contributed by atoms with E-state index in [4.69, 9.17) is 0 Å². The van der Waals surface area contributed by atoms with Gasteiger partial charge in [0.25, 0.3) is 0 Å². The molecule has 1 heterocycles. The largest absolute Gasteiger partial charge is 0.471 e. The second-order valence-electron chi connectivity index (χ2n) is 4.62. The third kappa shape index (κ3) is 3.32. The molecule has 0 aliphatic carbocycles. The van der Waals surface area contributed by atoms with Gasteiger partial charge in [0.1, 0.15) is 11.9 Å². The smallest absolute Gasteiger partial charge is 0.323 e. The molecule has 0 radical (unpaired) electrons. The van der Waals surface area contributed by atoms with Crippen LogP contribution in [-0.4, -0.2) is 35.5 Å². The number of amides is 2. The molecule has 1 fully saturated rings. The predicted molar refractivity (Wildman–Crippen MR) is 65.8 cm³/mol. The van der Waals surface area contributed by atoms with Crippen LogP contribution in [0.3, 0.4) is 0 Å². The predicted octanol–water partition coefficient (Wildman–Crippen LogP) is 2.32. The summed E-state index contributed by atoms with van der Waals surface area (Å²) in [5, 5.41) is 2.21. The highest BCUT2D eigenvalue weighted by molar-refractivity contribution is 5.98. The summed E-state index contributed by atoms with van der Waals surface area (Å²) in [5.74, 6) is -3.57. The Bertz CT molecular complexity index is 559. The molecule has 4 nitrogen and oxygen atoms in total. The van der Waals surface area contributed by atoms with Gasteiger partial charge in [0.2, 0.25) is 5.91 Å². The maximum Gasteiger partial charge on any atom is 0.471 e. The van der Waals surface area contributed by atoms with Gasteiger partial charge in [0, 0.05) is 6.54 Å². The van der Waals surface area contributed by atoms with Crippen molar-refractivity contribution in [1.29, 1.82) is 0 Å². The number of benzene rings is 1. The molecule has 1 atom stereocenters. The Morgan fingerprint density at radius 3 is 2.52 bits per heavy atom. The van der Waals surface area contributed by atoms with Gasteiger partial charge in [0.15, 0.2) is 0 Å². The number of alkyl halides is 3. The Labute approximate surface area is 117 Å². The lowest BCUT2D eigenvalue weighted by Crippen LogP contribution is -2.48. The fourth-order valence-electron chi connectivity index (χ4n) is 2.22. The van der Waals surface area contributed by atoms with E-state index in [2.05, 4.69) is 5.32 Å². The fourth-order valence-corrected chi connectivity index (χ4v) is 2.22. The van der Waals surface area contributed by atoms with Crippen LogP contribution in [0.15, 0.2) is 24.3 Å². The van der Waals surface area contributed by atoms with Crippen LogP contribution in [0.5, 0.6) is 0 Å². The Kier molecular flexibility index (Phi) is 4.15. The lowest BCUT2D eigenvalue weighted by Gasteiger charge is -2.24. The number of hydrogen-bond acceptors (Lipinski definition) is 2. The van der Waals surface area contributed by atoms with Crippen LogP contribution in [0.4, 0.5) is 23.2 Å². The highest BCUT2D eigenvalue weighted by Crippen LogP contribution is 2.26. The number of nitrogens with zero attached hydrogens (tertiary/aromatic N) is 1. The topological polar surface area (TPSA) is 49.4 Å². The molecule has 1 aliphatic heterocycles. The normalized spacial score (nSPS) is 18.7. The number of hydrogen-bond donors (Lipinski definition) is 1. The first kappa shape index (κ1) is 15.3. The van der Waals surface area contributed by atoms with Crippen LogP contribution in [0.1, 0.15) is 12.8 Å². The lowest BCUT2D eigenvalue weighted by molar-refractivity contribution is -0.186. The number of anilines is 1. The Hall–Kier alpha value is -2.12. The molecular formula is C13H12F4N2O2. The van der Waals surface area contributed by atoms with Crippen LogP contribution in [-0.2, 0) is 9.59 Å². The van der Waals surface area contributed by atoms with Crippen molar-refractivity contribution in [3.8, 4) is 0 Å². The molecule has 114 valence electrons. The number of likely N-dealkylation sites (tertiary alicyclic amines) is 1. The Morgan fingerprint density at radius 2 is 1.90 bits per heavy atom. The maximum atomic E-state index is 13.4. The van der Waals surface area contributed by atoms with Crippen molar-refractivity contribution < 1.29 is 27.2 Å². The maximum absolute atomic E-state index is 13.4. The minimum absolute atomic E-state index is 0.113. The number of rotatable bonds is 2. The van der Waals surface area contributed by atoms with Gasteiger partial charge in [-0.05, 0) is 25.0 Å². The van der Waals surface area contributed by atoms with Gasteiger partial charge < -0.3 is 10.2 Å². The van der Waals surface area contributed by atoms with E-state index in [-0.39, 0.29) is 25.1 Å². The molecule has 1 unspecified atom stereocenters. The van der Waals surface area contributed by atoms with Crippen LogP contribution < -0.4 is 5.32 Å². The van der Waals surface area contributed by atoms with Gasteiger partial charge in [-0.15, -0.1) is 0 Å². The highest BCUT2D eigenvalue weighted by atomic mass is 19.4. The van der Waals surface area contributed by atoms with Crippen molar-refractivity contribution in [1.82, 2.24) is 4.90 Å². The van der Waals surface area contributed by atoms with E-state index in [0.29, 0.717) is 4.90 Å². The Morgan fingerprint density at radius 1 is 1.24 bits per heavy atom. The minimum Gasteiger partial charge on any atom is -0.323 e. The quantitative estimate of drug-likeness (QED) is 0.853. The molecule has 0 spiro atoms. The molecule has 21 heavy (non-hydrogen) atoms. The summed E-state index contributed by atoms with van der Waals surface area (Å²) < 4.78 is 50.7. The average Bonchev–Trinajstić information content (AvgIpc) is 2.88. The molecule has 0 aromatic heterocycles. The first-order valence-corrected chi connectivity index (χ1v) is 6.24. The summed E-state index contributed by atoms with van der Waals surface area (Å²) in [7, 11) is 0. The summed E-state index contributed by atoms with van der Waals surface area (Å²) in [6, 6.07) is 4.06.